The summed E-state index contributed by atoms with van der Waals surface area (Å²) in [6.45, 7) is 1.18. The summed E-state index contributed by atoms with van der Waals surface area (Å²) in [6.07, 6.45) is 4.86. The Kier molecular flexibility index (Phi) is 3.60. The molecule has 1 N–H and O–H groups in total. The molecule has 1 aliphatic rings. The first-order valence-corrected chi connectivity index (χ1v) is 6.87. The maximum absolute atomic E-state index is 12.0. The van der Waals surface area contributed by atoms with Gasteiger partial charge in [0.1, 0.15) is 11.4 Å². The third-order valence-electron chi connectivity index (χ3n) is 3.87. The number of hydrogen-bond acceptors (Lipinski definition) is 5. The molecule has 2 aromatic rings. The summed E-state index contributed by atoms with van der Waals surface area (Å²) in [5, 5.41) is 4.12. The number of nitrogens with one attached hydrogen (secondary N) is 1. The monoisotopic (exact) mass is 290 g/mol. The van der Waals surface area contributed by atoms with E-state index in [4.69, 9.17) is 9.47 Å². The van der Waals surface area contributed by atoms with Crippen LogP contribution >= 0.6 is 0 Å². The highest BCUT2D eigenvalue weighted by atomic mass is 16.5. The maximum atomic E-state index is 12.0. The van der Waals surface area contributed by atoms with Crippen molar-refractivity contribution in [1.82, 2.24) is 19.7 Å². The number of nitrogens with zero attached hydrogens (tertiary/aromatic N) is 3. The lowest BCUT2D eigenvalue weighted by molar-refractivity contribution is -0.100. The Hall–Kier alpha value is -1.99. The fourth-order valence-corrected chi connectivity index (χ4v) is 2.61. The highest BCUT2D eigenvalue weighted by Crippen LogP contribution is 2.33. The molecule has 0 aliphatic carbocycles. The van der Waals surface area contributed by atoms with Crippen LogP contribution < -0.4 is 5.56 Å². The summed E-state index contributed by atoms with van der Waals surface area (Å²) in [5.41, 5.74) is 0.630. The molecule has 112 valence electrons. The Morgan fingerprint density at radius 1 is 1.43 bits per heavy atom. The SMILES string of the molecule is COC1(c2nc(-c3cnn(C)c3)cc(=O)[nH]2)CCOCC1. The molecule has 0 aromatic carbocycles. The summed E-state index contributed by atoms with van der Waals surface area (Å²) in [6, 6.07) is 1.48. The molecule has 21 heavy (non-hydrogen) atoms. The molecule has 0 spiro atoms. The predicted octanol–water partition coefficient (Wildman–Crippen LogP) is 0.823. The average Bonchev–Trinajstić information content (AvgIpc) is 2.94. The summed E-state index contributed by atoms with van der Waals surface area (Å²) in [4.78, 5) is 19.4. The molecule has 0 unspecified atom stereocenters. The maximum Gasteiger partial charge on any atom is 0.251 e. The Morgan fingerprint density at radius 2 is 2.19 bits per heavy atom. The van der Waals surface area contributed by atoms with Gasteiger partial charge >= 0.3 is 0 Å². The van der Waals surface area contributed by atoms with Crippen LogP contribution in [-0.4, -0.2) is 40.1 Å². The van der Waals surface area contributed by atoms with Crippen LogP contribution in [0.4, 0.5) is 0 Å². The molecule has 0 atom stereocenters. The van der Waals surface area contributed by atoms with E-state index < -0.39 is 5.60 Å². The van der Waals surface area contributed by atoms with Crippen LogP contribution in [0.3, 0.4) is 0 Å². The van der Waals surface area contributed by atoms with E-state index in [9.17, 15) is 4.79 Å². The molecule has 0 saturated carbocycles. The van der Waals surface area contributed by atoms with Gasteiger partial charge < -0.3 is 14.5 Å². The van der Waals surface area contributed by atoms with Crippen molar-refractivity contribution in [1.29, 1.82) is 0 Å². The summed E-state index contributed by atoms with van der Waals surface area (Å²) >= 11 is 0. The van der Waals surface area contributed by atoms with Crippen LogP contribution in [0.25, 0.3) is 11.3 Å². The van der Waals surface area contributed by atoms with Gasteiger partial charge in [-0.2, -0.15) is 5.10 Å². The zero-order valence-electron chi connectivity index (χ0n) is 12.1. The van der Waals surface area contributed by atoms with Crippen molar-refractivity contribution in [2.45, 2.75) is 18.4 Å². The highest BCUT2D eigenvalue weighted by molar-refractivity contribution is 5.56. The van der Waals surface area contributed by atoms with E-state index in [1.54, 1.807) is 18.0 Å². The van der Waals surface area contributed by atoms with E-state index in [2.05, 4.69) is 15.1 Å². The fourth-order valence-electron chi connectivity index (χ4n) is 2.61. The molecule has 1 saturated heterocycles. The lowest BCUT2D eigenvalue weighted by atomic mass is 9.93. The summed E-state index contributed by atoms with van der Waals surface area (Å²) < 4.78 is 12.7. The molecule has 0 amide bonds. The molecule has 3 rings (SSSR count). The Balaban J connectivity index is 2.06. The minimum Gasteiger partial charge on any atom is -0.381 e. The Labute approximate surface area is 121 Å². The van der Waals surface area contributed by atoms with Crippen LogP contribution in [-0.2, 0) is 22.1 Å². The van der Waals surface area contributed by atoms with Gasteiger partial charge in [0.15, 0.2) is 0 Å². The minimum absolute atomic E-state index is 0.193. The van der Waals surface area contributed by atoms with Crippen LogP contribution in [0.5, 0.6) is 0 Å². The third kappa shape index (κ3) is 2.62. The van der Waals surface area contributed by atoms with Gasteiger partial charge in [0.05, 0.1) is 11.9 Å². The first-order chi connectivity index (χ1) is 10.1. The van der Waals surface area contributed by atoms with Crippen molar-refractivity contribution < 1.29 is 9.47 Å². The zero-order valence-corrected chi connectivity index (χ0v) is 12.1. The van der Waals surface area contributed by atoms with Gasteiger partial charge in [-0.15, -0.1) is 0 Å². The molecule has 7 heteroatoms. The molecule has 2 aromatic heterocycles. The first kappa shape index (κ1) is 14.0. The lowest BCUT2D eigenvalue weighted by Crippen LogP contribution is -2.38. The third-order valence-corrected chi connectivity index (χ3v) is 3.87. The van der Waals surface area contributed by atoms with Gasteiger partial charge in [-0.25, -0.2) is 4.98 Å². The summed E-state index contributed by atoms with van der Waals surface area (Å²) in [7, 11) is 3.47. The molecule has 0 bridgehead atoms. The van der Waals surface area contributed by atoms with Crippen LogP contribution in [0.2, 0.25) is 0 Å². The lowest BCUT2D eigenvalue weighted by Gasteiger charge is -2.34. The van der Waals surface area contributed by atoms with Gasteiger partial charge in [0.25, 0.3) is 5.56 Å². The van der Waals surface area contributed by atoms with Crippen LogP contribution in [0, 0.1) is 0 Å². The quantitative estimate of drug-likeness (QED) is 0.905. The van der Waals surface area contributed by atoms with Crippen LogP contribution in [0.15, 0.2) is 23.3 Å². The molecular weight excluding hydrogens is 272 g/mol. The Bertz CT molecular complexity index is 686. The van der Waals surface area contributed by atoms with Crippen molar-refractivity contribution >= 4 is 0 Å². The smallest absolute Gasteiger partial charge is 0.251 e. The predicted molar refractivity (Wildman–Crippen MR) is 75.8 cm³/mol. The van der Waals surface area contributed by atoms with Gasteiger partial charge in [0.2, 0.25) is 0 Å². The number of methoxy groups -OCH3 is 1. The normalized spacial score (nSPS) is 17.8. The van der Waals surface area contributed by atoms with E-state index in [1.165, 1.54) is 6.07 Å². The number of ether oxygens (including phenoxy) is 2. The van der Waals surface area contributed by atoms with E-state index in [0.29, 0.717) is 37.6 Å². The zero-order chi connectivity index (χ0) is 14.9. The number of hydrogen-bond donors (Lipinski definition) is 1. The van der Waals surface area contributed by atoms with E-state index in [0.717, 1.165) is 5.56 Å². The number of aromatic nitrogens is 4. The van der Waals surface area contributed by atoms with Gasteiger partial charge in [-0.1, -0.05) is 0 Å². The molecular formula is C14H18N4O3. The molecule has 1 aliphatic heterocycles. The van der Waals surface area contributed by atoms with E-state index in [-0.39, 0.29) is 5.56 Å². The Morgan fingerprint density at radius 3 is 2.81 bits per heavy atom. The van der Waals surface area contributed by atoms with Crippen molar-refractivity contribution in [3.63, 3.8) is 0 Å². The molecule has 0 radical (unpaired) electrons. The van der Waals surface area contributed by atoms with Crippen molar-refractivity contribution in [2.75, 3.05) is 20.3 Å². The number of H-pyrrole nitrogens is 1. The standard InChI is InChI=1S/C14H18N4O3/c1-18-9-10(8-15-18)11-7-12(19)17-13(16-11)14(20-2)3-5-21-6-4-14/h7-9H,3-6H2,1-2H3,(H,16,17,19). The topological polar surface area (TPSA) is 82.0 Å². The second kappa shape index (κ2) is 5.42. The van der Waals surface area contributed by atoms with Crippen molar-refractivity contribution in [2.24, 2.45) is 7.05 Å². The first-order valence-electron chi connectivity index (χ1n) is 6.87. The van der Waals surface area contributed by atoms with Gasteiger partial charge in [-0.05, 0) is 0 Å². The molecule has 7 nitrogen and oxygen atoms in total. The van der Waals surface area contributed by atoms with E-state index >= 15 is 0 Å². The molecule has 1 fully saturated rings. The fraction of sp³-hybridized carbons (Fsp3) is 0.500. The van der Waals surface area contributed by atoms with Crippen molar-refractivity contribution in [3.05, 3.63) is 34.6 Å². The van der Waals surface area contributed by atoms with E-state index in [1.807, 2.05) is 13.2 Å². The number of rotatable bonds is 3. The second-order valence-electron chi connectivity index (χ2n) is 5.19. The average molecular weight is 290 g/mol. The largest absolute Gasteiger partial charge is 0.381 e. The summed E-state index contributed by atoms with van der Waals surface area (Å²) in [5.74, 6) is 0.555. The van der Waals surface area contributed by atoms with Crippen molar-refractivity contribution in [3.8, 4) is 11.3 Å². The van der Waals surface area contributed by atoms with Crippen LogP contribution in [0.1, 0.15) is 18.7 Å². The number of aromatic amines is 1. The van der Waals surface area contributed by atoms with Gasteiger partial charge in [0, 0.05) is 58.0 Å². The minimum atomic E-state index is -0.588. The molecule has 3 heterocycles. The van der Waals surface area contributed by atoms with Gasteiger partial charge in [-0.3, -0.25) is 9.48 Å². The highest BCUT2D eigenvalue weighted by Gasteiger charge is 2.37. The second-order valence-corrected chi connectivity index (χ2v) is 5.19. The number of aryl methyl sites for hydroxylation is 1.